The van der Waals surface area contributed by atoms with Crippen molar-refractivity contribution >= 4 is 23.7 Å². The Bertz CT molecular complexity index is 154. The normalized spacial score (nSPS) is 10.2. The fraction of sp³-hybridized carbons (Fsp3) is 0.889. The van der Waals surface area contributed by atoms with Gasteiger partial charge in [-0.1, -0.05) is 96.5 Å². The summed E-state index contributed by atoms with van der Waals surface area (Å²) in [6.07, 6.45) is 23.5. The van der Waals surface area contributed by atoms with Gasteiger partial charge in [-0.05, 0) is 12.8 Å². The van der Waals surface area contributed by atoms with Crippen LogP contribution in [0.1, 0.15) is 103 Å². The van der Waals surface area contributed by atoms with Gasteiger partial charge in [0, 0.05) is 0 Å². The van der Waals surface area contributed by atoms with Gasteiger partial charge in [0.25, 0.3) is 0 Å². The first-order valence-electron chi connectivity index (χ1n) is 8.52. The predicted octanol–water partition coefficient (Wildman–Crippen LogP) is 6.13. The Labute approximate surface area is 139 Å². The quantitative estimate of drug-likeness (QED) is 0.182. The molecule has 0 bridgehead atoms. The molecule has 0 aromatic heterocycles. The zero-order valence-corrected chi connectivity index (χ0v) is 16.2. The zero-order valence-electron chi connectivity index (χ0n) is 13.4. The van der Waals surface area contributed by atoms with E-state index in [1.807, 2.05) is 6.08 Å². The molecule has 0 amide bonds. The van der Waals surface area contributed by atoms with Gasteiger partial charge in [-0.2, -0.15) is 0 Å². The molecule has 0 heterocycles. The van der Waals surface area contributed by atoms with Crippen molar-refractivity contribution in [3.8, 4) is 0 Å². The summed E-state index contributed by atoms with van der Waals surface area (Å²) in [5.74, 6) is 0. The Balaban J connectivity index is 0. The molecule has 0 aliphatic rings. The Morgan fingerprint density at radius 1 is 0.579 bits per heavy atom. The van der Waals surface area contributed by atoms with Gasteiger partial charge in [-0.3, -0.25) is 0 Å². The summed E-state index contributed by atoms with van der Waals surface area (Å²) in [6, 6.07) is 0. The van der Waals surface area contributed by atoms with Gasteiger partial charge in [-0.25, -0.2) is 0 Å². The van der Waals surface area contributed by atoms with E-state index in [9.17, 15) is 0 Å². The zero-order chi connectivity index (χ0) is 13.3. The van der Waals surface area contributed by atoms with Crippen molar-refractivity contribution in [1.29, 1.82) is 0 Å². The Hall–Kier alpha value is 0.530. The Morgan fingerprint density at radius 2 is 0.895 bits per heavy atom. The monoisotopic (exact) mass is 384 g/mol. The first-order valence-corrected chi connectivity index (χ1v) is 8.52. The van der Waals surface area contributed by atoms with Gasteiger partial charge < -0.3 is 0 Å². The van der Waals surface area contributed by atoms with Crippen molar-refractivity contribution in [2.45, 2.75) is 103 Å². The van der Waals surface area contributed by atoms with E-state index in [-0.39, 0.29) is 23.7 Å². The molecule has 0 aliphatic carbocycles. The summed E-state index contributed by atoms with van der Waals surface area (Å²) < 4.78 is 0. The molecular formula is C18H38Te. The first-order chi connectivity index (χ1) is 8.91. The van der Waals surface area contributed by atoms with Crippen LogP contribution in [0, 0.1) is 0 Å². The van der Waals surface area contributed by atoms with Gasteiger partial charge in [0.15, 0.2) is 0 Å². The molecule has 0 saturated carbocycles. The SMILES string of the molecule is C=CCCCCCCCCCCCCCCCC.[TeH2]. The van der Waals surface area contributed by atoms with E-state index in [0.29, 0.717) is 0 Å². The topological polar surface area (TPSA) is 0 Å². The Morgan fingerprint density at radius 3 is 1.21 bits per heavy atom. The van der Waals surface area contributed by atoms with Crippen molar-refractivity contribution in [2.24, 2.45) is 0 Å². The van der Waals surface area contributed by atoms with Gasteiger partial charge in [0.2, 0.25) is 0 Å². The van der Waals surface area contributed by atoms with Gasteiger partial charge in [0.05, 0.1) is 0 Å². The Kier molecular flexibility index (Phi) is 23.9. The molecule has 0 saturated heterocycles. The number of allylic oxidation sites excluding steroid dienone is 1. The molecule has 0 nitrogen and oxygen atoms in total. The molecule has 0 N–H and O–H groups in total. The van der Waals surface area contributed by atoms with Crippen LogP contribution in [-0.2, 0) is 0 Å². The minimum absolute atomic E-state index is 0. The van der Waals surface area contributed by atoms with Crippen LogP contribution < -0.4 is 0 Å². The molecule has 0 aromatic carbocycles. The van der Waals surface area contributed by atoms with Crippen LogP contribution in [0.5, 0.6) is 0 Å². The maximum atomic E-state index is 3.76. The summed E-state index contributed by atoms with van der Waals surface area (Å²) in [6.45, 7) is 6.05. The maximum absolute atomic E-state index is 3.76. The molecule has 0 rings (SSSR count). The number of unbranched alkanes of at least 4 members (excludes halogenated alkanes) is 14. The second-order valence-electron chi connectivity index (χ2n) is 5.67. The molecule has 1 heteroatoms. The summed E-state index contributed by atoms with van der Waals surface area (Å²) >= 11 is 0. The third-order valence-corrected chi connectivity index (χ3v) is 3.76. The number of hydrogen-bond acceptors (Lipinski definition) is 0. The van der Waals surface area contributed by atoms with Crippen LogP contribution in [0.3, 0.4) is 0 Å². The van der Waals surface area contributed by atoms with Crippen molar-refractivity contribution in [1.82, 2.24) is 0 Å². The van der Waals surface area contributed by atoms with Crippen molar-refractivity contribution in [2.75, 3.05) is 0 Å². The van der Waals surface area contributed by atoms with E-state index in [1.165, 1.54) is 96.3 Å². The van der Waals surface area contributed by atoms with Crippen LogP contribution in [0.2, 0.25) is 0 Å². The molecule has 0 fully saturated rings. The summed E-state index contributed by atoms with van der Waals surface area (Å²) in [5.41, 5.74) is 0. The minimum atomic E-state index is 0. The van der Waals surface area contributed by atoms with Crippen LogP contribution in [0.4, 0.5) is 0 Å². The molecule has 0 aliphatic heterocycles. The number of rotatable bonds is 15. The van der Waals surface area contributed by atoms with Gasteiger partial charge in [0.1, 0.15) is 0 Å². The standard InChI is InChI=1S/C18H36.H2Te/c1-3-5-7-9-11-13-15-17-18-16-14-12-10-8-6-4-2;/h3H,1,4-18H2,2H3;1H2. The van der Waals surface area contributed by atoms with E-state index < -0.39 is 0 Å². The fourth-order valence-corrected chi connectivity index (χ4v) is 2.48. The van der Waals surface area contributed by atoms with Crippen LogP contribution in [0.15, 0.2) is 12.7 Å². The molecule has 0 spiro atoms. The van der Waals surface area contributed by atoms with Crippen LogP contribution >= 0.6 is 0 Å². The molecule has 116 valence electrons. The van der Waals surface area contributed by atoms with Crippen LogP contribution in [-0.4, -0.2) is 23.7 Å². The molecule has 0 unspecified atom stereocenters. The van der Waals surface area contributed by atoms with Gasteiger partial charge in [-0.15, -0.1) is 6.58 Å². The molecule has 19 heavy (non-hydrogen) atoms. The molecule has 0 aromatic rings. The second kappa shape index (κ2) is 20.8. The van der Waals surface area contributed by atoms with Crippen molar-refractivity contribution < 1.29 is 0 Å². The van der Waals surface area contributed by atoms with E-state index in [1.54, 1.807) is 0 Å². The van der Waals surface area contributed by atoms with Crippen molar-refractivity contribution in [3.05, 3.63) is 12.7 Å². The third kappa shape index (κ3) is 21.0. The summed E-state index contributed by atoms with van der Waals surface area (Å²) in [7, 11) is 0. The third-order valence-electron chi connectivity index (χ3n) is 3.76. The van der Waals surface area contributed by atoms with E-state index in [4.69, 9.17) is 0 Å². The summed E-state index contributed by atoms with van der Waals surface area (Å²) in [4.78, 5) is 0. The molecule has 0 atom stereocenters. The van der Waals surface area contributed by atoms with Crippen LogP contribution in [0.25, 0.3) is 0 Å². The molecule has 0 radical (unpaired) electrons. The number of hydrogen-bond donors (Lipinski definition) is 0. The van der Waals surface area contributed by atoms with E-state index in [2.05, 4.69) is 13.5 Å². The average molecular weight is 382 g/mol. The predicted molar refractivity (Wildman–Crippen MR) is 93.7 cm³/mol. The van der Waals surface area contributed by atoms with Gasteiger partial charge >= 0.3 is 23.7 Å². The van der Waals surface area contributed by atoms with Crippen molar-refractivity contribution in [3.63, 3.8) is 0 Å². The average Bonchev–Trinajstić information content (AvgIpc) is 2.39. The second-order valence-corrected chi connectivity index (χ2v) is 5.67. The first kappa shape index (κ1) is 21.8. The van der Waals surface area contributed by atoms with E-state index in [0.717, 1.165) is 0 Å². The fourth-order valence-electron chi connectivity index (χ4n) is 2.48. The summed E-state index contributed by atoms with van der Waals surface area (Å²) in [5, 5.41) is 0. The van der Waals surface area contributed by atoms with E-state index >= 15 is 0 Å². The molecular weight excluding hydrogens is 344 g/mol.